The van der Waals surface area contributed by atoms with Crippen LogP contribution in [0.1, 0.15) is 13.3 Å². The summed E-state index contributed by atoms with van der Waals surface area (Å²) in [5, 5.41) is 0. The Hall–Kier alpha value is -1.32. The SMILES string of the molecule is CO/C=C/OC(=O)CC(C)=O. The normalized spacial score (nSPS) is 9.64. The summed E-state index contributed by atoms with van der Waals surface area (Å²) in [4.78, 5) is 20.9. The average molecular weight is 158 g/mol. The van der Waals surface area contributed by atoms with Gasteiger partial charge in [0.1, 0.15) is 24.7 Å². The van der Waals surface area contributed by atoms with Crippen molar-refractivity contribution in [2.45, 2.75) is 13.3 Å². The van der Waals surface area contributed by atoms with Crippen molar-refractivity contribution in [1.82, 2.24) is 0 Å². The Morgan fingerprint density at radius 2 is 2.00 bits per heavy atom. The van der Waals surface area contributed by atoms with Crippen LogP contribution in [0.15, 0.2) is 12.5 Å². The third-order valence-electron chi connectivity index (χ3n) is 0.784. The molecule has 0 amide bonds. The highest BCUT2D eigenvalue weighted by Gasteiger charge is 2.03. The number of methoxy groups -OCH3 is 1. The molecule has 0 unspecified atom stereocenters. The van der Waals surface area contributed by atoms with Gasteiger partial charge in [0, 0.05) is 0 Å². The molecule has 0 fully saturated rings. The van der Waals surface area contributed by atoms with Crippen LogP contribution in [-0.2, 0) is 19.1 Å². The van der Waals surface area contributed by atoms with Crippen LogP contribution in [0.4, 0.5) is 0 Å². The van der Waals surface area contributed by atoms with Crippen LogP contribution in [0.5, 0.6) is 0 Å². The van der Waals surface area contributed by atoms with Crippen LogP contribution >= 0.6 is 0 Å². The first-order valence-electron chi connectivity index (χ1n) is 3.03. The second-order valence-electron chi connectivity index (χ2n) is 1.88. The number of Topliss-reactive ketones (excluding diaryl/α,β-unsaturated/α-hetero) is 1. The number of carbonyl (C=O) groups is 2. The topological polar surface area (TPSA) is 52.6 Å². The molecule has 0 aliphatic rings. The Balaban J connectivity index is 3.53. The van der Waals surface area contributed by atoms with Gasteiger partial charge in [-0.2, -0.15) is 0 Å². The quantitative estimate of drug-likeness (QED) is 0.342. The molecule has 0 saturated carbocycles. The number of carbonyl (C=O) groups excluding carboxylic acids is 2. The van der Waals surface area contributed by atoms with E-state index < -0.39 is 5.97 Å². The van der Waals surface area contributed by atoms with E-state index in [9.17, 15) is 9.59 Å². The fourth-order valence-corrected chi connectivity index (χ4v) is 0.404. The number of ether oxygens (including phenoxy) is 2. The zero-order valence-corrected chi connectivity index (χ0v) is 6.49. The van der Waals surface area contributed by atoms with Crippen LogP contribution in [0.25, 0.3) is 0 Å². The molecule has 0 rings (SSSR count). The number of hydrogen-bond acceptors (Lipinski definition) is 4. The number of ketones is 1. The van der Waals surface area contributed by atoms with Crippen molar-refractivity contribution in [1.29, 1.82) is 0 Å². The average Bonchev–Trinajstić information content (AvgIpc) is 1.86. The van der Waals surface area contributed by atoms with Crippen LogP contribution < -0.4 is 0 Å². The predicted octanol–water partition coefficient (Wildman–Crippen LogP) is 0.626. The molecule has 4 heteroatoms. The summed E-state index contributed by atoms with van der Waals surface area (Å²) in [5.74, 6) is -0.799. The van der Waals surface area contributed by atoms with Gasteiger partial charge in [0.2, 0.25) is 0 Å². The van der Waals surface area contributed by atoms with E-state index in [4.69, 9.17) is 0 Å². The minimum absolute atomic E-state index is 0.200. The molecule has 0 aromatic carbocycles. The highest BCUT2D eigenvalue weighted by molar-refractivity contribution is 5.94. The van der Waals surface area contributed by atoms with Gasteiger partial charge in [0.15, 0.2) is 0 Å². The molecule has 0 aliphatic carbocycles. The van der Waals surface area contributed by atoms with E-state index in [2.05, 4.69) is 9.47 Å². The molecule has 0 bridgehead atoms. The van der Waals surface area contributed by atoms with E-state index in [1.54, 1.807) is 0 Å². The molecule has 0 spiro atoms. The lowest BCUT2D eigenvalue weighted by Gasteiger charge is -1.94. The van der Waals surface area contributed by atoms with Crippen molar-refractivity contribution in [3.63, 3.8) is 0 Å². The van der Waals surface area contributed by atoms with E-state index in [0.717, 1.165) is 6.26 Å². The molecule has 0 N–H and O–H groups in total. The molecule has 62 valence electrons. The first kappa shape index (κ1) is 9.68. The van der Waals surface area contributed by atoms with Crippen molar-refractivity contribution >= 4 is 11.8 Å². The smallest absolute Gasteiger partial charge is 0.318 e. The van der Waals surface area contributed by atoms with E-state index in [1.165, 1.54) is 20.3 Å². The van der Waals surface area contributed by atoms with E-state index in [0.29, 0.717) is 0 Å². The second-order valence-corrected chi connectivity index (χ2v) is 1.88. The number of hydrogen-bond donors (Lipinski definition) is 0. The summed E-state index contributed by atoms with van der Waals surface area (Å²) in [7, 11) is 1.43. The standard InChI is InChI=1S/C7H10O4/c1-6(8)5-7(9)11-4-3-10-2/h3-4H,5H2,1-2H3/b4-3+. The van der Waals surface area contributed by atoms with Gasteiger partial charge in [-0.15, -0.1) is 0 Å². The number of esters is 1. The Kier molecular flexibility index (Phi) is 4.81. The Labute approximate surface area is 64.8 Å². The predicted molar refractivity (Wildman–Crippen MR) is 37.5 cm³/mol. The first-order valence-corrected chi connectivity index (χ1v) is 3.03. The Morgan fingerprint density at radius 3 is 2.45 bits per heavy atom. The summed E-state index contributed by atoms with van der Waals surface area (Å²) in [6.07, 6.45) is 2.09. The van der Waals surface area contributed by atoms with Gasteiger partial charge in [0.05, 0.1) is 7.11 Å². The van der Waals surface area contributed by atoms with Crippen LogP contribution in [-0.4, -0.2) is 18.9 Å². The first-order chi connectivity index (χ1) is 5.16. The molecule has 0 atom stereocenters. The minimum Gasteiger partial charge on any atom is -0.501 e. The summed E-state index contributed by atoms with van der Waals surface area (Å²) >= 11 is 0. The lowest BCUT2D eigenvalue weighted by atomic mass is 10.3. The molecular weight excluding hydrogens is 148 g/mol. The van der Waals surface area contributed by atoms with Crippen molar-refractivity contribution in [2.75, 3.05) is 7.11 Å². The molecule has 0 radical (unpaired) electrons. The summed E-state index contributed by atoms with van der Waals surface area (Å²) in [6, 6.07) is 0. The molecular formula is C7H10O4. The van der Waals surface area contributed by atoms with Gasteiger partial charge in [-0.05, 0) is 6.92 Å². The molecule has 0 aliphatic heterocycles. The molecule has 0 heterocycles. The van der Waals surface area contributed by atoms with Gasteiger partial charge >= 0.3 is 5.97 Å². The van der Waals surface area contributed by atoms with Gasteiger partial charge in [-0.25, -0.2) is 0 Å². The highest BCUT2D eigenvalue weighted by Crippen LogP contribution is 1.88. The van der Waals surface area contributed by atoms with Crippen LogP contribution in [0.2, 0.25) is 0 Å². The molecule has 0 aromatic rings. The zero-order valence-electron chi connectivity index (χ0n) is 6.49. The third-order valence-corrected chi connectivity index (χ3v) is 0.784. The summed E-state index contributed by atoms with van der Waals surface area (Å²) in [5.41, 5.74) is 0. The third kappa shape index (κ3) is 6.57. The van der Waals surface area contributed by atoms with Crippen LogP contribution in [0.3, 0.4) is 0 Å². The second kappa shape index (κ2) is 5.46. The Morgan fingerprint density at radius 1 is 1.36 bits per heavy atom. The molecule has 4 nitrogen and oxygen atoms in total. The van der Waals surface area contributed by atoms with Crippen molar-refractivity contribution < 1.29 is 19.1 Å². The van der Waals surface area contributed by atoms with E-state index in [-0.39, 0.29) is 12.2 Å². The fraction of sp³-hybridized carbons (Fsp3) is 0.429. The van der Waals surface area contributed by atoms with Crippen molar-refractivity contribution in [2.24, 2.45) is 0 Å². The monoisotopic (exact) mass is 158 g/mol. The van der Waals surface area contributed by atoms with Gasteiger partial charge in [-0.1, -0.05) is 0 Å². The number of rotatable bonds is 4. The van der Waals surface area contributed by atoms with Gasteiger partial charge in [0.25, 0.3) is 0 Å². The van der Waals surface area contributed by atoms with E-state index >= 15 is 0 Å². The zero-order chi connectivity index (χ0) is 8.69. The van der Waals surface area contributed by atoms with Gasteiger partial charge in [-0.3, -0.25) is 9.59 Å². The molecule has 0 saturated heterocycles. The van der Waals surface area contributed by atoms with E-state index in [1.807, 2.05) is 0 Å². The maximum absolute atomic E-state index is 10.6. The lowest BCUT2D eigenvalue weighted by Crippen LogP contribution is -2.04. The highest BCUT2D eigenvalue weighted by atomic mass is 16.5. The minimum atomic E-state index is -0.578. The lowest BCUT2D eigenvalue weighted by molar-refractivity contribution is -0.140. The maximum atomic E-state index is 10.6. The fourth-order valence-electron chi connectivity index (χ4n) is 0.404. The van der Waals surface area contributed by atoms with Crippen molar-refractivity contribution in [3.05, 3.63) is 12.5 Å². The van der Waals surface area contributed by atoms with Crippen LogP contribution in [0, 0.1) is 0 Å². The molecule has 11 heavy (non-hydrogen) atoms. The Bertz CT molecular complexity index is 171. The van der Waals surface area contributed by atoms with Gasteiger partial charge < -0.3 is 9.47 Å². The maximum Gasteiger partial charge on any atom is 0.318 e. The summed E-state index contributed by atoms with van der Waals surface area (Å²) < 4.78 is 8.88. The summed E-state index contributed by atoms with van der Waals surface area (Å²) in [6.45, 7) is 1.32. The largest absolute Gasteiger partial charge is 0.501 e. The van der Waals surface area contributed by atoms with Crippen molar-refractivity contribution in [3.8, 4) is 0 Å². The molecule has 0 aromatic heterocycles.